The fourth-order valence-corrected chi connectivity index (χ4v) is 3.13. The van der Waals surface area contributed by atoms with Crippen molar-refractivity contribution in [3.8, 4) is 0 Å². The first kappa shape index (κ1) is 14.1. The highest BCUT2D eigenvalue weighted by Crippen LogP contribution is 2.33. The summed E-state index contributed by atoms with van der Waals surface area (Å²) in [6, 6.07) is 5.59. The Labute approximate surface area is 124 Å². The van der Waals surface area contributed by atoms with Gasteiger partial charge in [0, 0.05) is 19.2 Å². The number of benzene rings is 1. The maximum Gasteiger partial charge on any atom is 0.231 e. The zero-order chi connectivity index (χ0) is 14.9. The van der Waals surface area contributed by atoms with Gasteiger partial charge in [-0.15, -0.1) is 0 Å². The molecule has 2 N–H and O–H groups in total. The molecule has 5 nitrogen and oxygen atoms in total. The van der Waals surface area contributed by atoms with Crippen LogP contribution < -0.4 is 10.6 Å². The van der Waals surface area contributed by atoms with Crippen LogP contribution in [0.1, 0.15) is 32.1 Å². The van der Waals surface area contributed by atoms with Crippen LogP contribution in [0.25, 0.3) is 11.1 Å². The first-order valence-electron chi connectivity index (χ1n) is 7.52. The van der Waals surface area contributed by atoms with Crippen molar-refractivity contribution in [1.82, 2.24) is 10.3 Å². The Morgan fingerprint density at radius 2 is 2.38 bits per heavy atom. The van der Waals surface area contributed by atoms with Crippen LogP contribution in [0.2, 0.25) is 0 Å². The number of nitrogens with zero attached hydrogens (tertiary/aromatic N) is 1. The average molecular weight is 287 g/mol. The van der Waals surface area contributed by atoms with E-state index in [1.54, 1.807) is 0 Å². The van der Waals surface area contributed by atoms with Crippen molar-refractivity contribution < 1.29 is 9.21 Å². The van der Waals surface area contributed by atoms with E-state index >= 15 is 0 Å². The fourth-order valence-electron chi connectivity index (χ4n) is 3.13. The molecule has 1 saturated heterocycles. The lowest BCUT2D eigenvalue weighted by molar-refractivity contribution is -0.125. The first-order chi connectivity index (χ1) is 10.1. The zero-order valence-corrected chi connectivity index (χ0v) is 12.5. The van der Waals surface area contributed by atoms with Gasteiger partial charge in [-0.3, -0.25) is 4.79 Å². The lowest BCUT2D eigenvalue weighted by atomic mass is 9.81. The van der Waals surface area contributed by atoms with Gasteiger partial charge >= 0.3 is 0 Å². The highest BCUT2D eigenvalue weighted by molar-refractivity contribution is 5.97. The molecule has 1 aromatic carbocycles. The predicted octanol–water partition coefficient (Wildman–Crippen LogP) is 2.85. The van der Waals surface area contributed by atoms with Crippen LogP contribution in [0.15, 0.2) is 22.6 Å². The number of carbonyl (C=O) groups is 1. The number of aromatic nitrogens is 1. The fraction of sp³-hybridized carbons (Fsp3) is 0.500. The Morgan fingerprint density at radius 1 is 1.52 bits per heavy atom. The van der Waals surface area contributed by atoms with Gasteiger partial charge in [0.1, 0.15) is 5.52 Å². The van der Waals surface area contributed by atoms with Crippen molar-refractivity contribution in [2.45, 2.75) is 33.1 Å². The van der Waals surface area contributed by atoms with Gasteiger partial charge in [0.05, 0.1) is 5.41 Å². The highest BCUT2D eigenvalue weighted by Gasteiger charge is 2.40. The van der Waals surface area contributed by atoms with E-state index in [9.17, 15) is 4.79 Å². The lowest BCUT2D eigenvalue weighted by Gasteiger charge is -2.26. The molecule has 0 saturated carbocycles. The second-order valence-corrected chi connectivity index (χ2v) is 5.83. The molecule has 1 atom stereocenters. The van der Waals surface area contributed by atoms with Gasteiger partial charge < -0.3 is 15.1 Å². The molecule has 21 heavy (non-hydrogen) atoms. The number of hydrogen-bond donors (Lipinski definition) is 2. The topological polar surface area (TPSA) is 67.2 Å². The standard InChI is InChI=1S/C16H21N3O2/c1-3-6-16(7-8-17-10-16)15(20)19-12-4-5-14-13(9-12)18-11(2)21-14/h4-5,9,17H,3,6-8,10H2,1-2H3,(H,19,20). The van der Waals surface area contributed by atoms with Crippen molar-refractivity contribution in [3.63, 3.8) is 0 Å². The minimum atomic E-state index is -0.274. The summed E-state index contributed by atoms with van der Waals surface area (Å²) >= 11 is 0. The van der Waals surface area contributed by atoms with Crippen LogP contribution >= 0.6 is 0 Å². The molecule has 0 radical (unpaired) electrons. The van der Waals surface area contributed by atoms with Gasteiger partial charge in [0.2, 0.25) is 5.91 Å². The third-order valence-electron chi connectivity index (χ3n) is 4.21. The Kier molecular flexibility index (Phi) is 3.68. The Balaban J connectivity index is 1.81. The molecule has 1 aromatic heterocycles. The van der Waals surface area contributed by atoms with Crippen molar-refractivity contribution in [2.75, 3.05) is 18.4 Å². The molecule has 2 heterocycles. The number of fused-ring (bicyclic) bond motifs is 1. The number of amides is 1. The minimum absolute atomic E-state index is 0.105. The molecule has 0 bridgehead atoms. The molecule has 3 rings (SSSR count). The molecule has 1 unspecified atom stereocenters. The summed E-state index contributed by atoms with van der Waals surface area (Å²) in [6.45, 7) is 5.61. The Bertz CT molecular complexity index is 657. The number of oxazole rings is 1. The number of anilines is 1. The van der Waals surface area contributed by atoms with E-state index in [1.165, 1.54) is 0 Å². The molecule has 0 spiro atoms. The molecule has 1 amide bonds. The molecule has 1 aliphatic rings. The van der Waals surface area contributed by atoms with E-state index in [2.05, 4.69) is 22.5 Å². The quantitative estimate of drug-likeness (QED) is 0.907. The van der Waals surface area contributed by atoms with Crippen LogP contribution in [0.3, 0.4) is 0 Å². The summed E-state index contributed by atoms with van der Waals surface area (Å²) in [5.74, 6) is 0.741. The van der Waals surface area contributed by atoms with Crippen molar-refractivity contribution in [2.24, 2.45) is 5.41 Å². The van der Waals surface area contributed by atoms with E-state index in [0.717, 1.165) is 49.1 Å². The smallest absolute Gasteiger partial charge is 0.231 e. The van der Waals surface area contributed by atoms with Crippen LogP contribution in [0, 0.1) is 12.3 Å². The third-order valence-corrected chi connectivity index (χ3v) is 4.21. The summed E-state index contributed by atoms with van der Waals surface area (Å²) in [5.41, 5.74) is 2.03. The van der Waals surface area contributed by atoms with Crippen LogP contribution in [0.5, 0.6) is 0 Å². The summed E-state index contributed by atoms with van der Waals surface area (Å²) in [5, 5.41) is 6.36. The Morgan fingerprint density at radius 3 is 3.10 bits per heavy atom. The Hall–Kier alpha value is -1.88. The number of aryl methyl sites for hydroxylation is 1. The van der Waals surface area contributed by atoms with E-state index < -0.39 is 0 Å². The minimum Gasteiger partial charge on any atom is -0.441 e. The molecule has 1 aliphatic heterocycles. The van der Waals surface area contributed by atoms with E-state index in [0.29, 0.717) is 5.89 Å². The maximum absolute atomic E-state index is 12.7. The van der Waals surface area contributed by atoms with E-state index in [-0.39, 0.29) is 11.3 Å². The predicted molar refractivity (Wildman–Crippen MR) is 82.2 cm³/mol. The second-order valence-electron chi connectivity index (χ2n) is 5.83. The largest absolute Gasteiger partial charge is 0.441 e. The number of rotatable bonds is 4. The number of hydrogen-bond acceptors (Lipinski definition) is 4. The number of nitrogens with one attached hydrogen (secondary N) is 2. The van der Waals surface area contributed by atoms with Gasteiger partial charge in [-0.1, -0.05) is 13.3 Å². The normalized spacial score (nSPS) is 21.8. The van der Waals surface area contributed by atoms with Crippen molar-refractivity contribution >= 4 is 22.7 Å². The van der Waals surface area contributed by atoms with Gasteiger partial charge in [-0.05, 0) is 37.6 Å². The summed E-state index contributed by atoms with van der Waals surface area (Å²) in [6.07, 6.45) is 2.83. The SMILES string of the molecule is CCCC1(C(=O)Nc2ccc3oc(C)nc3c2)CCNC1. The van der Waals surface area contributed by atoms with Gasteiger partial charge in [-0.2, -0.15) is 0 Å². The van der Waals surface area contributed by atoms with Crippen LogP contribution in [-0.4, -0.2) is 24.0 Å². The highest BCUT2D eigenvalue weighted by atomic mass is 16.3. The van der Waals surface area contributed by atoms with E-state index in [4.69, 9.17) is 4.42 Å². The van der Waals surface area contributed by atoms with Gasteiger partial charge in [-0.25, -0.2) is 4.98 Å². The monoisotopic (exact) mass is 287 g/mol. The summed E-state index contributed by atoms with van der Waals surface area (Å²) < 4.78 is 5.45. The van der Waals surface area contributed by atoms with Gasteiger partial charge in [0.25, 0.3) is 0 Å². The zero-order valence-electron chi connectivity index (χ0n) is 12.5. The van der Waals surface area contributed by atoms with Crippen LogP contribution in [0.4, 0.5) is 5.69 Å². The molecule has 112 valence electrons. The van der Waals surface area contributed by atoms with Crippen molar-refractivity contribution in [3.05, 3.63) is 24.1 Å². The molecule has 0 aliphatic carbocycles. The first-order valence-corrected chi connectivity index (χ1v) is 7.52. The number of carbonyl (C=O) groups excluding carboxylic acids is 1. The molecule has 2 aromatic rings. The second kappa shape index (κ2) is 5.48. The molecule has 5 heteroatoms. The lowest BCUT2D eigenvalue weighted by Crippen LogP contribution is -2.38. The van der Waals surface area contributed by atoms with Crippen LogP contribution in [-0.2, 0) is 4.79 Å². The molecule has 1 fully saturated rings. The van der Waals surface area contributed by atoms with Gasteiger partial charge in [0.15, 0.2) is 11.5 Å². The average Bonchev–Trinajstić information content (AvgIpc) is 3.05. The summed E-state index contributed by atoms with van der Waals surface area (Å²) in [4.78, 5) is 17.0. The maximum atomic E-state index is 12.7. The summed E-state index contributed by atoms with van der Waals surface area (Å²) in [7, 11) is 0. The third kappa shape index (κ3) is 2.65. The molecular weight excluding hydrogens is 266 g/mol. The molecular formula is C16H21N3O2. The van der Waals surface area contributed by atoms with E-state index in [1.807, 2.05) is 25.1 Å². The van der Waals surface area contributed by atoms with Crippen molar-refractivity contribution in [1.29, 1.82) is 0 Å².